The molecule has 3 unspecified atom stereocenters. The molecule has 0 aliphatic heterocycles. The molecule has 2 bridgehead atoms. The number of fused-ring (bicyclic) bond motifs is 9. The highest BCUT2D eigenvalue weighted by atomic mass is 15.1. The normalized spacial score (nSPS) is 21.5. The summed E-state index contributed by atoms with van der Waals surface area (Å²) in [5.74, 6) is 1.61. The summed E-state index contributed by atoms with van der Waals surface area (Å²) >= 11 is 0. The summed E-state index contributed by atoms with van der Waals surface area (Å²) in [5.41, 5.74) is 12.3. The van der Waals surface area contributed by atoms with Crippen LogP contribution in [0.2, 0.25) is 0 Å². The van der Waals surface area contributed by atoms with Gasteiger partial charge in [0, 0.05) is 22.4 Å². The molecule has 2 saturated carbocycles. The second-order valence-corrected chi connectivity index (χ2v) is 12.6. The maximum atomic E-state index is 2.50. The van der Waals surface area contributed by atoms with Gasteiger partial charge in [0.1, 0.15) is 0 Å². The molecule has 3 aliphatic carbocycles. The van der Waals surface area contributed by atoms with E-state index in [4.69, 9.17) is 0 Å². The second kappa shape index (κ2) is 9.19. The number of hydrogen-bond donors (Lipinski definition) is 0. The summed E-state index contributed by atoms with van der Waals surface area (Å²) in [6.07, 6.45) is 5.44. The van der Waals surface area contributed by atoms with E-state index in [0.29, 0.717) is 0 Å². The van der Waals surface area contributed by atoms with Gasteiger partial charge in [0.25, 0.3) is 0 Å². The third-order valence-corrected chi connectivity index (χ3v) is 10.5. The molecule has 3 aliphatic rings. The van der Waals surface area contributed by atoms with Crippen LogP contribution in [0.3, 0.4) is 0 Å². The largest absolute Gasteiger partial charge is 0.310 e. The van der Waals surface area contributed by atoms with Crippen molar-refractivity contribution in [3.63, 3.8) is 0 Å². The van der Waals surface area contributed by atoms with Crippen molar-refractivity contribution in [1.82, 2.24) is 0 Å². The predicted molar refractivity (Wildman–Crippen MR) is 176 cm³/mol. The Labute approximate surface area is 248 Å². The van der Waals surface area contributed by atoms with Crippen molar-refractivity contribution in [2.45, 2.75) is 31.1 Å². The molecule has 1 heteroatoms. The molecule has 0 amide bonds. The lowest BCUT2D eigenvalue weighted by Gasteiger charge is -2.37. The highest BCUT2D eigenvalue weighted by Gasteiger charge is 2.57. The Morgan fingerprint density at radius 3 is 2.07 bits per heavy atom. The molecule has 0 heterocycles. The minimum atomic E-state index is 0.164. The standard InChI is InChI=1S/C41H33N/c1-2-9-29(10-3-1)31-18-22-34(23-19-31)42(35-24-20-30-11-4-5-12-32(30)26-35)39-16-8-15-38-40(39)36-13-6-7-14-37(36)41(38)27-28-17-21-33(41)25-28/h1-16,18-20,22-24,26,28,33H,17,21,25,27H2. The third kappa shape index (κ3) is 3.43. The molecule has 202 valence electrons. The molecule has 6 aromatic carbocycles. The first-order valence-corrected chi connectivity index (χ1v) is 15.5. The molecule has 3 atom stereocenters. The van der Waals surface area contributed by atoms with Crippen LogP contribution >= 0.6 is 0 Å². The fourth-order valence-corrected chi connectivity index (χ4v) is 8.78. The van der Waals surface area contributed by atoms with Gasteiger partial charge in [-0.1, -0.05) is 116 Å². The van der Waals surface area contributed by atoms with Gasteiger partial charge in [-0.25, -0.2) is 0 Å². The molecule has 0 aromatic heterocycles. The zero-order valence-electron chi connectivity index (χ0n) is 23.7. The van der Waals surface area contributed by atoms with Gasteiger partial charge >= 0.3 is 0 Å². The van der Waals surface area contributed by atoms with Crippen LogP contribution in [0.5, 0.6) is 0 Å². The van der Waals surface area contributed by atoms with Crippen molar-refractivity contribution in [3.05, 3.63) is 151 Å². The molecule has 2 fully saturated rings. The maximum Gasteiger partial charge on any atom is 0.0543 e. The SMILES string of the molecule is c1ccc(-c2ccc(N(c3ccc4ccccc4c3)c3cccc4c3-c3ccccc3C43CC4CCC3C4)cc2)cc1. The molecule has 0 N–H and O–H groups in total. The number of rotatable bonds is 4. The van der Waals surface area contributed by atoms with E-state index >= 15 is 0 Å². The molecule has 1 spiro atoms. The predicted octanol–water partition coefficient (Wildman–Crippen LogP) is 11.1. The Bertz CT molecular complexity index is 1950. The van der Waals surface area contributed by atoms with E-state index in [0.717, 1.165) is 11.8 Å². The number of anilines is 3. The average molecular weight is 540 g/mol. The minimum absolute atomic E-state index is 0.164. The lowest BCUT2D eigenvalue weighted by molar-refractivity contribution is 0.327. The van der Waals surface area contributed by atoms with Crippen molar-refractivity contribution in [3.8, 4) is 22.3 Å². The average Bonchev–Trinajstić information content (AvgIpc) is 3.75. The summed E-state index contributed by atoms with van der Waals surface area (Å²) in [5, 5.41) is 2.53. The zero-order valence-corrected chi connectivity index (χ0v) is 23.7. The second-order valence-electron chi connectivity index (χ2n) is 12.6. The van der Waals surface area contributed by atoms with E-state index < -0.39 is 0 Å². The molecule has 6 aromatic rings. The van der Waals surface area contributed by atoms with Crippen molar-refractivity contribution in [2.75, 3.05) is 4.90 Å². The van der Waals surface area contributed by atoms with E-state index in [1.807, 2.05) is 0 Å². The van der Waals surface area contributed by atoms with E-state index in [-0.39, 0.29) is 5.41 Å². The van der Waals surface area contributed by atoms with Crippen molar-refractivity contribution < 1.29 is 0 Å². The fraction of sp³-hybridized carbons (Fsp3) is 0.171. The Morgan fingerprint density at radius 2 is 1.26 bits per heavy atom. The first kappa shape index (κ1) is 24.0. The molecular weight excluding hydrogens is 506 g/mol. The van der Waals surface area contributed by atoms with Crippen LogP contribution in [0, 0.1) is 11.8 Å². The van der Waals surface area contributed by atoms with Gasteiger partial charge in [0.2, 0.25) is 0 Å². The fourth-order valence-electron chi connectivity index (χ4n) is 8.78. The van der Waals surface area contributed by atoms with Gasteiger partial charge in [-0.05, 0) is 100 Å². The number of nitrogens with zero attached hydrogens (tertiary/aromatic N) is 1. The molecule has 0 saturated heterocycles. The van der Waals surface area contributed by atoms with Crippen LogP contribution in [-0.2, 0) is 5.41 Å². The van der Waals surface area contributed by atoms with Crippen molar-refractivity contribution in [2.24, 2.45) is 11.8 Å². The van der Waals surface area contributed by atoms with Crippen LogP contribution in [0.15, 0.2) is 140 Å². The quantitative estimate of drug-likeness (QED) is 0.215. The van der Waals surface area contributed by atoms with Gasteiger partial charge in [0.15, 0.2) is 0 Å². The Hall–Kier alpha value is -4.62. The smallest absolute Gasteiger partial charge is 0.0543 e. The molecular formula is C41H33N. The molecule has 1 nitrogen and oxygen atoms in total. The van der Waals surface area contributed by atoms with Crippen LogP contribution in [-0.4, -0.2) is 0 Å². The van der Waals surface area contributed by atoms with E-state index in [1.165, 1.54) is 75.8 Å². The van der Waals surface area contributed by atoms with Crippen molar-refractivity contribution in [1.29, 1.82) is 0 Å². The van der Waals surface area contributed by atoms with Gasteiger partial charge in [-0.2, -0.15) is 0 Å². The zero-order chi connectivity index (χ0) is 27.7. The lowest BCUT2D eigenvalue weighted by atomic mass is 9.67. The Kier molecular flexibility index (Phi) is 5.26. The van der Waals surface area contributed by atoms with Gasteiger partial charge in [-0.15, -0.1) is 0 Å². The van der Waals surface area contributed by atoms with Crippen LogP contribution in [0.25, 0.3) is 33.0 Å². The van der Waals surface area contributed by atoms with Gasteiger partial charge < -0.3 is 4.90 Å². The summed E-state index contributed by atoms with van der Waals surface area (Å²) in [7, 11) is 0. The van der Waals surface area contributed by atoms with E-state index in [2.05, 4.69) is 144 Å². The Morgan fingerprint density at radius 1 is 0.548 bits per heavy atom. The van der Waals surface area contributed by atoms with E-state index in [9.17, 15) is 0 Å². The summed E-state index contributed by atoms with van der Waals surface area (Å²) < 4.78 is 0. The minimum Gasteiger partial charge on any atom is -0.310 e. The molecule has 9 rings (SSSR count). The summed E-state index contributed by atoms with van der Waals surface area (Å²) in [6, 6.07) is 51.9. The number of benzene rings is 6. The summed E-state index contributed by atoms with van der Waals surface area (Å²) in [4.78, 5) is 2.50. The van der Waals surface area contributed by atoms with Crippen LogP contribution in [0.4, 0.5) is 17.1 Å². The Balaban J connectivity index is 1.27. The number of hydrogen-bond acceptors (Lipinski definition) is 1. The van der Waals surface area contributed by atoms with E-state index in [1.54, 1.807) is 11.1 Å². The maximum absolute atomic E-state index is 2.50. The van der Waals surface area contributed by atoms with Crippen LogP contribution < -0.4 is 4.90 Å². The lowest BCUT2D eigenvalue weighted by Crippen LogP contribution is -2.31. The molecule has 42 heavy (non-hydrogen) atoms. The highest BCUT2D eigenvalue weighted by Crippen LogP contribution is 2.67. The monoisotopic (exact) mass is 539 g/mol. The van der Waals surface area contributed by atoms with Crippen LogP contribution in [0.1, 0.15) is 36.8 Å². The highest BCUT2D eigenvalue weighted by molar-refractivity contribution is 5.97. The third-order valence-electron chi connectivity index (χ3n) is 10.5. The van der Waals surface area contributed by atoms with Gasteiger partial charge in [0.05, 0.1) is 5.69 Å². The first-order valence-electron chi connectivity index (χ1n) is 15.5. The van der Waals surface area contributed by atoms with Crippen molar-refractivity contribution >= 4 is 27.8 Å². The van der Waals surface area contributed by atoms with Gasteiger partial charge in [-0.3, -0.25) is 0 Å². The first-order chi connectivity index (χ1) is 20.8. The summed E-state index contributed by atoms with van der Waals surface area (Å²) in [6.45, 7) is 0. The molecule has 0 radical (unpaired) electrons. The topological polar surface area (TPSA) is 3.24 Å².